The summed E-state index contributed by atoms with van der Waals surface area (Å²) in [6.45, 7) is 2.84. The predicted octanol–water partition coefficient (Wildman–Crippen LogP) is 4.32. The molecule has 1 nitrogen and oxygen atoms in total. The molecule has 0 aromatic heterocycles. The van der Waals surface area contributed by atoms with E-state index >= 15 is 0 Å². The van der Waals surface area contributed by atoms with E-state index in [0.29, 0.717) is 12.5 Å². The van der Waals surface area contributed by atoms with Crippen molar-refractivity contribution in [3.05, 3.63) is 70.2 Å². The molecule has 19 heavy (non-hydrogen) atoms. The molecule has 2 aromatic carbocycles. The van der Waals surface area contributed by atoms with Crippen molar-refractivity contribution in [3.8, 4) is 0 Å². The Morgan fingerprint density at radius 3 is 2.47 bits per heavy atom. The van der Waals surface area contributed by atoms with Gasteiger partial charge in [0, 0.05) is 5.02 Å². The summed E-state index contributed by atoms with van der Waals surface area (Å²) >= 11 is 5.93. The lowest BCUT2D eigenvalue weighted by atomic mass is 9.88. The number of benzene rings is 2. The molecular weight excluding hydrogens is 254 g/mol. The van der Waals surface area contributed by atoms with Crippen molar-refractivity contribution in [1.29, 1.82) is 0 Å². The van der Waals surface area contributed by atoms with Gasteiger partial charge in [0.25, 0.3) is 0 Å². The van der Waals surface area contributed by atoms with Gasteiger partial charge in [-0.05, 0) is 55.5 Å². The minimum absolute atomic E-state index is 0.478. The van der Waals surface area contributed by atoms with Crippen LogP contribution in [0.5, 0.6) is 0 Å². The van der Waals surface area contributed by atoms with Crippen LogP contribution in [0.1, 0.15) is 29.0 Å². The van der Waals surface area contributed by atoms with Gasteiger partial charge in [-0.2, -0.15) is 0 Å². The molecule has 0 aliphatic carbocycles. The molecule has 0 bridgehead atoms. The van der Waals surface area contributed by atoms with Gasteiger partial charge in [0.05, 0.1) is 0 Å². The molecule has 1 atom stereocenters. The molecule has 2 rings (SSSR count). The molecule has 2 N–H and O–H groups in total. The molecule has 2 heteroatoms. The Morgan fingerprint density at radius 2 is 1.84 bits per heavy atom. The van der Waals surface area contributed by atoms with Crippen LogP contribution in [0.4, 0.5) is 0 Å². The smallest absolute Gasteiger partial charge is 0.0406 e. The highest BCUT2D eigenvalue weighted by atomic mass is 35.5. The summed E-state index contributed by atoms with van der Waals surface area (Å²) in [5, 5.41) is 0.787. The minimum Gasteiger partial charge on any atom is -0.330 e. The van der Waals surface area contributed by atoms with Gasteiger partial charge in [-0.3, -0.25) is 0 Å². The molecule has 100 valence electrons. The Kier molecular flexibility index (Phi) is 5.00. The van der Waals surface area contributed by atoms with Crippen molar-refractivity contribution in [2.24, 2.45) is 5.73 Å². The third kappa shape index (κ3) is 4.09. The summed E-state index contributed by atoms with van der Waals surface area (Å²) in [5.41, 5.74) is 9.75. The van der Waals surface area contributed by atoms with Crippen LogP contribution in [0.3, 0.4) is 0 Å². The lowest BCUT2D eigenvalue weighted by Crippen LogP contribution is -2.10. The van der Waals surface area contributed by atoms with Crippen molar-refractivity contribution in [2.45, 2.75) is 25.7 Å². The van der Waals surface area contributed by atoms with Gasteiger partial charge in [0.15, 0.2) is 0 Å². The highest BCUT2D eigenvalue weighted by molar-refractivity contribution is 6.30. The van der Waals surface area contributed by atoms with E-state index in [9.17, 15) is 0 Å². The van der Waals surface area contributed by atoms with Gasteiger partial charge in [-0.25, -0.2) is 0 Å². The maximum Gasteiger partial charge on any atom is 0.0406 e. The minimum atomic E-state index is 0.478. The first-order valence-corrected chi connectivity index (χ1v) is 7.08. The molecule has 0 saturated carbocycles. The molecule has 0 spiro atoms. The first-order chi connectivity index (χ1) is 9.19. The summed E-state index contributed by atoms with van der Waals surface area (Å²) in [4.78, 5) is 0. The summed E-state index contributed by atoms with van der Waals surface area (Å²) in [5.74, 6) is 0.478. The lowest BCUT2D eigenvalue weighted by molar-refractivity contribution is 0.629. The van der Waals surface area contributed by atoms with E-state index in [4.69, 9.17) is 17.3 Å². The van der Waals surface area contributed by atoms with E-state index in [1.807, 2.05) is 12.1 Å². The Bertz CT molecular complexity index is 519. The van der Waals surface area contributed by atoms with E-state index in [0.717, 1.165) is 17.9 Å². The van der Waals surface area contributed by atoms with Gasteiger partial charge in [0.1, 0.15) is 0 Å². The lowest BCUT2D eigenvalue weighted by Gasteiger charge is -2.17. The first-order valence-electron chi connectivity index (χ1n) is 6.70. The number of nitrogens with two attached hydrogens (primary N) is 1. The molecule has 1 unspecified atom stereocenters. The van der Waals surface area contributed by atoms with Crippen LogP contribution < -0.4 is 5.73 Å². The van der Waals surface area contributed by atoms with Gasteiger partial charge in [-0.15, -0.1) is 0 Å². The fraction of sp³-hybridized carbons (Fsp3) is 0.294. The van der Waals surface area contributed by atoms with Crippen molar-refractivity contribution < 1.29 is 0 Å². The Hall–Kier alpha value is -1.31. The van der Waals surface area contributed by atoms with E-state index in [1.54, 1.807) is 0 Å². The Labute approximate surface area is 120 Å². The van der Waals surface area contributed by atoms with Crippen LogP contribution in [-0.4, -0.2) is 6.54 Å². The predicted molar refractivity (Wildman–Crippen MR) is 82.7 cm³/mol. The van der Waals surface area contributed by atoms with Crippen LogP contribution in [-0.2, 0) is 6.42 Å². The van der Waals surface area contributed by atoms with E-state index in [1.165, 1.54) is 16.7 Å². The fourth-order valence-corrected chi connectivity index (χ4v) is 2.54. The summed E-state index contributed by atoms with van der Waals surface area (Å²) < 4.78 is 0. The molecule has 0 aliphatic heterocycles. The third-order valence-corrected chi connectivity index (χ3v) is 3.68. The van der Waals surface area contributed by atoms with Gasteiger partial charge in [-0.1, -0.05) is 53.6 Å². The van der Waals surface area contributed by atoms with Crippen molar-refractivity contribution in [1.82, 2.24) is 0 Å². The molecular formula is C17H20ClN. The second-order valence-electron chi connectivity index (χ2n) is 5.02. The third-order valence-electron chi connectivity index (χ3n) is 3.42. The second-order valence-corrected chi connectivity index (χ2v) is 5.46. The number of rotatable bonds is 5. The summed E-state index contributed by atoms with van der Waals surface area (Å²) in [6, 6.07) is 16.8. The maximum absolute atomic E-state index is 5.93. The van der Waals surface area contributed by atoms with Crippen molar-refractivity contribution in [2.75, 3.05) is 6.54 Å². The number of hydrogen-bond acceptors (Lipinski definition) is 1. The van der Waals surface area contributed by atoms with Crippen molar-refractivity contribution in [3.63, 3.8) is 0 Å². The molecule has 0 radical (unpaired) electrons. The zero-order chi connectivity index (χ0) is 13.7. The van der Waals surface area contributed by atoms with Crippen LogP contribution >= 0.6 is 11.6 Å². The summed E-state index contributed by atoms with van der Waals surface area (Å²) in [6.07, 6.45) is 2.02. The Morgan fingerprint density at radius 1 is 1.11 bits per heavy atom. The topological polar surface area (TPSA) is 26.0 Å². The number of halogens is 1. The molecule has 0 amide bonds. The van der Waals surface area contributed by atoms with Crippen LogP contribution in [0.25, 0.3) is 0 Å². The van der Waals surface area contributed by atoms with Gasteiger partial charge >= 0.3 is 0 Å². The number of aryl methyl sites for hydroxylation is 1. The van der Waals surface area contributed by atoms with Crippen LogP contribution in [0, 0.1) is 6.92 Å². The van der Waals surface area contributed by atoms with Crippen LogP contribution in [0.15, 0.2) is 48.5 Å². The van der Waals surface area contributed by atoms with Crippen LogP contribution in [0.2, 0.25) is 5.02 Å². The standard InChI is InChI=1S/C17H20ClN/c1-13-3-2-4-15(11-13)16(9-10-19)12-14-5-7-17(18)8-6-14/h2-8,11,16H,9-10,12,19H2,1H3. The monoisotopic (exact) mass is 273 g/mol. The average molecular weight is 274 g/mol. The van der Waals surface area contributed by atoms with Gasteiger partial charge < -0.3 is 5.73 Å². The summed E-state index contributed by atoms with van der Waals surface area (Å²) in [7, 11) is 0. The number of hydrogen-bond donors (Lipinski definition) is 1. The highest BCUT2D eigenvalue weighted by Gasteiger charge is 2.11. The average Bonchev–Trinajstić information content (AvgIpc) is 2.41. The first kappa shape index (κ1) is 14.1. The van der Waals surface area contributed by atoms with E-state index in [-0.39, 0.29) is 0 Å². The van der Waals surface area contributed by atoms with E-state index < -0.39 is 0 Å². The van der Waals surface area contributed by atoms with E-state index in [2.05, 4.69) is 43.3 Å². The molecule has 0 heterocycles. The van der Waals surface area contributed by atoms with Crippen molar-refractivity contribution >= 4 is 11.6 Å². The van der Waals surface area contributed by atoms with Gasteiger partial charge in [0.2, 0.25) is 0 Å². The normalized spacial score (nSPS) is 12.4. The largest absolute Gasteiger partial charge is 0.330 e. The molecule has 2 aromatic rings. The molecule has 0 aliphatic rings. The Balaban J connectivity index is 2.18. The zero-order valence-electron chi connectivity index (χ0n) is 11.3. The molecule has 0 saturated heterocycles. The SMILES string of the molecule is Cc1cccc(C(CCN)Cc2ccc(Cl)cc2)c1. The molecule has 0 fully saturated rings. The highest BCUT2D eigenvalue weighted by Crippen LogP contribution is 2.25. The fourth-order valence-electron chi connectivity index (χ4n) is 2.42. The quantitative estimate of drug-likeness (QED) is 0.862. The maximum atomic E-state index is 5.93. The zero-order valence-corrected chi connectivity index (χ0v) is 12.0. The second kappa shape index (κ2) is 6.74.